The molecule has 3 rings (SSSR count). The first-order chi connectivity index (χ1) is 16.7. The zero-order valence-electron chi connectivity index (χ0n) is 19.3. The molecule has 0 radical (unpaired) electrons. The molecule has 0 heterocycles. The summed E-state index contributed by atoms with van der Waals surface area (Å²) in [6.45, 7) is 3.96. The molecule has 0 atom stereocenters. The Hall–Kier alpha value is -4.16. The second-order valence-corrected chi connectivity index (χ2v) is 8.53. The van der Waals surface area contributed by atoms with Gasteiger partial charge in [0, 0.05) is 22.3 Å². The molecule has 0 fully saturated rings. The van der Waals surface area contributed by atoms with E-state index in [-0.39, 0.29) is 17.9 Å². The average Bonchev–Trinajstić information content (AvgIpc) is 2.84. The molecule has 3 aromatic carbocycles. The second-order valence-electron chi connectivity index (χ2n) is 7.68. The zero-order chi connectivity index (χ0) is 25.5. The van der Waals surface area contributed by atoms with Crippen LogP contribution in [0.3, 0.4) is 0 Å². The van der Waals surface area contributed by atoms with Crippen LogP contribution in [0.5, 0.6) is 11.5 Å². The number of halogens is 1. The van der Waals surface area contributed by atoms with Crippen LogP contribution >= 0.6 is 15.9 Å². The summed E-state index contributed by atoms with van der Waals surface area (Å²) in [5.74, 6) is 0.298. The number of nitro groups is 1. The van der Waals surface area contributed by atoms with Crippen LogP contribution in [0, 0.1) is 35.3 Å². The van der Waals surface area contributed by atoms with E-state index >= 15 is 0 Å². The molecule has 1 amide bonds. The quantitative estimate of drug-likeness (QED) is 0.161. The van der Waals surface area contributed by atoms with E-state index in [1.807, 2.05) is 38.1 Å². The van der Waals surface area contributed by atoms with Gasteiger partial charge >= 0.3 is 0 Å². The van der Waals surface area contributed by atoms with Gasteiger partial charge in [0.15, 0.2) is 11.5 Å². The van der Waals surface area contributed by atoms with E-state index in [1.165, 1.54) is 25.3 Å². The Balaban J connectivity index is 1.81. The number of nitrogens with one attached hydrogen (secondary N) is 1. The molecular formula is C26H22BrN3O5. The third-order valence-corrected chi connectivity index (χ3v) is 5.82. The van der Waals surface area contributed by atoms with Crippen LogP contribution in [0.4, 0.5) is 11.4 Å². The maximum Gasteiger partial charge on any atom is 0.269 e. The molecule has 0 saturated heterocycles. The van der Waals surface area contributed by atoms with Crippen molar-refractivity contribution in [2.45, 2.75) is 20.5 Å². The Morgan fingerprint density at radius 3 is 2.49 bits per heavy atom. The molecule has 9 heteroatoms. The molecule has 0 bridgehead atoms. The van der Waals surface area contributed by atoms with Crippen LogP contribution < -0.4 is 14.8 Å². The Kier molecular flexibility index (Phi) is 8.23. The number of methoxy groups -OCH3 is 1. The highest BCUT2D eigenvalue weighted by molar-refractivity contribution is 9.10. The molecule has 8 nitrogen and oxygen atoms in total. The van der Waals surface area contributed by atoms with Crippen LogP contribution in [0.15, 0.2) is 64.6 Å². The molecule has 3 aromatic rings. The number of carbonyl (C=O) groups is 1. The largest absolute Gasteiger partial charge is 0.493 e. The van der Waals surface area contributed by atoms with Crippen molar-refractivity contribution < 1.29 is 19.2 Å². The van der Waals surface area contributed by atoms with E-state index in [1.54, 1.807) is 24.3 Å². The highest BCUT2D eigenvalue weighted by Crippen LogP contribution is 2.35. The minimum atomic E-state index is -0.523. The maximum absolute atomic E-state index is 12.8. The molecule has 0 aliphatic rings. The predicted molar refractivity (Wildman–Crippen MR) is 136 cm³/mol. The lowest BCUT2D eigenvalue weighted by molar-refractivity contribution is -0.384. The van der Waals surface area contributed by atoms with Gasteiger partial charge < -0.3 is 14.8 Å². The molecule has 0 aliphatic carbocycles. The normalized spacial score (nSPS) is 10.9. The number of hydrogen-bond acceptors (Lipinski definition) is 6. The fourth-order valence-electron chi connectivity index (χ4n) is 3.17. The lowest BCUT2D eigenvalue weighted by atomic mass is 10.1. The fraction of sp³-hybridized carbons (Fsp3) is 0.154. The number of rotatable bonds is 8. The van der Waals surface area contributed by atoms with Crippen molar-refractivity contribution in [3.63, 3.8) is 0 Å². The Morgan fingerprint density at radius 2 is 1.86 bits per heavy atom. The van der Waals surface area contributed by atoms with Crippen LogP contribution in [-0.4, -0.2) is 17.9 Å². The van der Waals surface area contributed by atoms with Crippen molar-refractivity contribution >= 4 is 39.3 Å². The van der Waals surface area contributed by atoms with E-state index in [9.17, 15) is 20.2 Å². The molecule has 0 aliphatic heterocycles. The van der Waals surface area contributed by atoms with Gasteiger partial charge in [0.2, 0.25) is 0 Å². The SMILES string of the molecule is COc1cc(/C=C(\C#N)C(=O)Nc2cc(C)ccc2C)c(Br)cc1OCc1ccc([N+](=O)[O-])cc1. The van der Waals surface area contributed by atoms with Crippen LogP contribution in [0.1, 0.15) is 22.3 Å². The van der Waals surface area contributed by atoms with Gasteiger partial charge in [0.25, 0.3) is 11.6 Å². The second kappa shape index (κ2) is 11.3. The van der Waals surface area contributed by atoms with Crippen LogP contribution in [0.2, 0.25) is 0 Å². The smallest absolute Gasteiger partial charge is 0.269 e. The third-order valence-electron chi connectivity index (χ3n) is 5.13. The monoisotopic (exact) mass is 535 g/mol. The van der Waals surface area contributed by atoms with Gasteiger partial charge in [-0.3, -0.25) is 14.9 Å². The van der Waals surface area contributed by atoms with Gasteiger partial charge in [-0.05, 0) is 72.5 Å². The number of anilines is 1. The molecule has 1 N–H and O–H groups in total. The van der Waals surface area contributed by atoms with E-state index in [0.717, 1.165) is 16.7 Å². The number of ether oxygens (including phenoxy) is 2. The Morgan fingerprint density at radius 1 is 1.14 bits per heavy atom. The van der Waals surface area contributed by atoms with Gasteiger partial charge in [-0.1, -0.05) is 28.1 Å². The van der Waals surface area contributed by atoms with Gasteiger partial charge in [0.1, 0.15) is 18.2 Å². The summed E-state index contributed by atoms with van der Waals surface area (Å²) in [6.07, 6.45) is 1.47. The average molecular weight is 536 g/mol. The van der Waals surface area contributed by atoms with Crippen molar-refractivity contribution in [3.05, 3.63) is 97.0 Å². The van der Waals surface area contributed by atoms with Gasteiger partial charge in [-0.15, -0.1) is 0 Å². The topological polar surface area (TPSA) is 114 Å². The van der Waals surface area contributed by atoms with Gasteiger partial charge in [-0.25, -0.2) is 0 Å². The number of amides is 1. The highest BCUT2D eigenvalue weighted by atomic mass is 79.9. The first-order valence-electron chi connectivity index (χ1n) is 10.5. The Bertz CT molecular complexity index is 1340. The standard InChI is InChI=1S/C26H22BrN3O5/c1-16-4-5-17(2)23(10-16)29-26(31)20(14-28)11-19-12-24(34-3)25(13-22(19)27)35-15-18-6-8-21(9-7-18)30(32)33/h4-13H,15H2,1-3H3,(H,29,31)/b20-11+. The molecule has 0 aromatic heterocycles. The molecule has 0 saturated carbocycles. The molecule has 178 valence electrons. The van der Waals surface area contributed by atoms with Crippen LogP contribution in [-0.2, 0) is 11.4 Å². The fourth-order valence-corrected chi connectivity index (χ4v) is 3.61. The number of nitro benzene ring substituents is 1. The minimum absolute atomic E-state index is 0.000100. The van der Waals surface area contributed by atoms with E-state index in [0.29, 0.717) is 27.2 Å². The van der Waals surface area contributed by atoms with Crippen molar-refractivity contribution in [3.8, 4) is 17.6 Å². The summed E-state index contributed by atoms with van der Waals surface area (Å²) in [5.41, 5.74) is 3.74. The van der Waals surface area contributed by atoms with Crippen LogP contribution in [0.25, 0.3) is 6.08 Å². The maximum atomic E-state index is 12.8. The number of hydrogen-bond donors (Lipinski definition) is 1. The van der Waals surface area contributed by atoms with Crippen molar-refractivity contribution in [1.29, 1.82) is 5.26 Å². The van der Waals surface area contributed by atoms with Crippen molar-refractivity contribution in [2.75, 3.05) is 12.4 Å². The lowest BCUT2D eigenvalue weighted by Crippen LogP contribution is -2.14. The minimum Gasteiger partial charge on any atom is -0.493 e. The van der Waals surface area contributed by atoms with Gasteiger partial charge in [0.05, 0.1) is 12.0 Å². The zero-order valence-corrected chi connectivity index (χ0v) is 20.9. The number of carbonyl (C=O) groups excluding carboxylic acids is 1. The molecule has 35 heavy (non-hydrogen) atoms. The first kappa shape index (κ1) is 25.5. The number of benzene rings is 3. The summed E-state index contributed by atoms with van der Waals surface area (Å²) in [5, 5.41) is 23.2. The molecular weight excluding hydrogens is 514 g/mol. The van der Waals surface area contributed by atoms with Crippen molar-refractivity contribution in [2.24, 2.45) is 0 Å². The lowest BCUT2D eigenvalue weighted by Gasteiger charge is -2.13. The van der Waals surface area contributed by atoms with E-state index in [4.69, 9.17) is 9.47 Å². The summed E-state index contributed by atoms with van der Waals surface area (Å²) >= 11 is 3.46. The Labute approximate surface area is 211 Å². The molecule has 0 spiro atoms. The third kappa shape index (κ3) is 6.46. The summed E-state index contributed by atoms with van der Waals surface area (Å²) in [7, 11) is 1.48. The number of non-ortho nitro benzene ring substituents is 1. The highest BCUT2D eigenvalue weighted by Gasteiger charge is 2.15. The van der Waals surface area contributed by atoms with Gasteiger partial charge in [-0.2, -0.15) is 5.26 Å². The number of aryl methyl sites for hydroxylation is 2. The summed E-state index contributed by atoms with van der Waals surface area (Å²) < 4.78 is 11.9. The first-order valence-corrected chi connectivity index (χ1v) is 11.2. The molecule has 0 unspecified atom stereocenters. The van der Waals surface area contributed by atoms with Crippen molar-refractivity contribution in [1.82, 2.24) is 0 Å². The van der Waals surface area contributed by atoms with E-state index < -0.39 is 10.8 Å². The summed E-state index contributed by atoms with van der Waals surface area (Å²) in [6, 6.07) is 17.0. The number of nitrogens with zero attached hydrogens (tertiary/aromatic N) is 2. The predicted octanol–water partition coefficient (Wildman–Crippen LogP) is 6.11. The number of nitriles is 1. The summed E-state index contributed by atoms with van der Waals surface area (Å²) in [4.78, 5) is 23.1. The van der Waals surface area contributed by atoms with E-state index in [2.05, 4.69) is 21.2 Å².